The third-order valence-corrected chi connectivity index (χ3v) is 6.94. The van der Waals surface area contributed by atoms with E-state index in [1.165, 1.54) is 24.1 Å². The van der Waals surface area contributed by atoms with Crippen LogP contribution in [0, 0.1) is 5.82 Å². The van der Waals surface area contributed by atoms with Gasteiger partial charge in [0.15, 0.2) is 11.6 Å². The number of aliphatic hydroxyl groups excluding tert-OH is 1. The highest BCUT2D eigenvalue weighted by Crippen LogP contribution is 2.41. The number of ether oxygens (including phenoxy) is 2. The second kappa shape index (κ2) is 11.0. The van der Waals surface area contributed by atoms with Gasteiger partial charge in [0.1, 0.15) is 5.76 Å². The van der Waals surface area contributed by atoms with Crippen LogP contribution >= 0.6 is 23.2 Å². The Morgan fingerprint density at radius 2 is 1.86 bits per heavy atom. The van der Waals surface area contributed by atoms with Gasteiger partial charge in [0.05, 0.1) is 42.0 Å². The molecule has 0 aliphatic carbocycles. The molecule has 2 fully saturated rings. The number of hydrogen-bond acceptors (Lipinski definition) is 6. The Labute approximate surface area is 212 Å². The van der Waals surface area contributed by atoms with Gasteiger partial charge in [-0.1, -0.05) is 29.3 Å². The van der Waals surface area contributed by atoms with Crippen LogP contribution in [0.15, 0.2) is 42.0 Å². The van der Waals surface area contributed by atoms with Crippen LogP contribution < -0.4 is 4.74 Å². The molecule has 186 valence electrons. The number of carbonyl (C=O) groups excluding carboxylic acids is 2. The summed E-state index contributed by atoms with van der Waals surface area (Å²) in [6.07, 6.45) is 0.613. The van der Waals surface area contributed by atoms with Crippen molar-refractivity contribution in [3.8, 4) is 5.75 Å². The highest BCUT2D eigenvalue weighted by atomic mass is 35.5. The Morgan fingerprint density at radius 3 is 2.51 bits per heavy atom. The standard InChI is InChI=1S/C25H25Cl2FN2O5/c1-34-20-6-4-16(14-19(20)28)23(31)21-22(15-3-5-17(26)18(27)13-15)30(25(33)24(21)32)8-2-7-29-9-11-35-12-10-29/h3-6,13-14,22,31H,2,7-12H2,1H3/t22-/m0/s1. The molecule has 2 saturated heterocycles. The lowest BCUT2D eigenvalue weighted by Crippen LogP contribution is -2.38. The molecule has 7 nitrogen and oxygen atoms in total. The van der Waals surface area contributed by atoms with Crippen molar-refractivity contribution in [2.24, 2.45) is 0 Å². The van der Waals surface area contributed by atoms with Crippen LogP contribution in [0.25, 0.3) is 5.76 Å². The van der Waals surface area contributed by atoms with Gasteiger partial charge in [-0.05, 0) is 42.3 Å². The third-order valence-electron chi connectivity index (χ3n) is 6.20. The summed E-state index contributed by atoms with van der Waals surface area (Å²) in [4.78, 5) is 29.9. The van der Waals surface area contributed by atoms with Gasteiger partial charge in [-0.25, -0.2) is 4.39 Å². The topological polar surface area (TPSA) is 79.3 Å². The molecule has 0 radical (unpaired) electrons. The maximum Gasteiger partial charge on any atom is 0.295 e. The lowest BCUT2D eigenvalue weighted by atomic mass is 9.95. The lowest BCUT2D eigenvalue weighted by Gasteiger charge is -2.29. The minimum Gasteiger partial charge on any atom is -0.507 e. The molecular weight excluding hydrogens is 498 g/mol. The summed E-state index contributed by atoms with van der Waals surface area (Å²) in [6.45, 7) is 3.93. The molecule has 2 aromatic carbocycles. The largest absolute Gasteiger partial charge is 0.507 e. The monoisotopic (exact) mass is 522 g/mol. The fourth-order valence-electron chi connectivity index (χ4n) is 4.40. The van der Waals surface area contributed by atoms with Gasteiger partial charge >= 0.3 is 0 Å². The molecule has 10 heteroatoms. The fraction of sp³-hybridized carbons (Fsp3) is 0.360. The number of benzene rings is 2. The Balaban J connectivity index is 1.71. The van der Waals surface area contributed by atoms with Crippen LogP contribution in [0.1, 0.15) is 23.6 Å². The van der Waals surface area contributed by atoms with E-state index in [0.717, 1.165) is 25.7 Å². The maximum atomic E-state index is 14.3. The average Bonchev–Trinajstić information content (AvgIpc) is 3.11. The van der Waals surface area contributed by atoms with Gasteiger partial charge in [-0.15, -0.1) is 0 Å². The van der Waals surface area contributed by atoms with Crippen molar-refractivity contribution in [1.29, 1.82) is 0 Å². The van der Waals surface area contributed by atoms with Gasteiger partial charge in [-0.2, -0.15) is 0 Å². The molecule has 2 aliphatic heterocycles. The molecule has 0 saturated carbocycles. The molecule has 0 aromatic heterocycles. The van der Waals surface area contributed by atoms with Crippen molar-refractivity contribution in [3.63, 3.8) is 0 Å². The number of halogens is 3. The predicted molar refractivity (Wildman–Crippen MR) is 130 cm³/mol. The van der Waals surface area contributed by atoms with Crippen LogP contribution in [0.3, 0.4) is 0 Å². The van der Waals surface area contributed by atoms with Crippen LogP contribution in [0.4, 0.5) is 4.39 Å². The van der Waals surface area contributed by atoms with Crippen LogP contribution in [0.5, 0.6) is 5.75 Å². The zero-order valence-electron chi connectivity index (χ0n) is 19.1. The van der Waals surface area contributed by atoms with Crippen molar-refractivity contribution < 1.29 is 28.6 Å². The molecule has 2 heterocycles. The van der Waals surface area contributed by atoms with Crippen molar-refractivity contribution >= 4 is 40.7 Å². The van der Waals surface area contributed by atoms with E-state index in [-0.39, 0.29) is 28.5 Å². The van der Waals surface area contributed by atoms with Crippen molar-refractivity contribution in [2.75, 3.05) is 46.5 Å². The van der Waals surface area contributed by atoms with Gasteiger partial charge in [-0.3, -0.25) is 14.5 Å². The fourth-order valence-corrected chi connectivity index (χ4v) is 4.70. The van der Waals surface area contributed by atoms with Crippen LogP contribution in [-0.4, -0.2) is 73.1 Å². The molecule has 0 bridgehead atoms. The molecular formula is C25H25Cl2FN2O5. The van der Waals surface area contributed by atoms with E-state index in [9.17, 15) is 19.1 Å². The number of hydrogen-bond donors (Lipinski definition) is 1. The number of nitrogens with zero attached hydrogens (tertiary/aromatic N) is 2. The Hall–Kier alpha value is -2.65. The summed E-state index contributed by atoms with van der Waals surface area (Å²) in [5.74, 6) is -2.77. The van der Waals surface area contributed by atoms with E-state index >= 15 is 0 Å². The average molecular weight is 523 g/mol. The minimum absolute atomic E-state index is 0.00820. The number of ketones is 1. The molecule has 35 heavy (non-hydrogen) atoms. The first-order chi connectivity index (χ1) is 16.8. The Bertz CT molecular complexity index is 1170. The van der Waals surface area contributed by atoms with Crippen LogP contribution in [-0.2, 0) is 14.3 Å². The number of Topliss-reactive ketones (excluding diaryl/α,β-unsaturated/α-hetero) is 1. The second-order valence-corrected chi connectivity index (χ2v) is 9.14. The number of aliphatic hydroxyl groups is 1. The van der Waals surface area contributed by atoms with E-state index in [1.807, 2.05) is 0 Å². The van der Waals surface area contributed by atoms with E-state index in [0.29, 0.717) is 30.2 Å². The zero-order valence-corrected chi connectivity index (χ0v) is 20.6. The zero-order chi connectivity index (χ0) is 25.1. The van der Waals surface area contributed by atoms with Crippen molar-refractivity contribution in [1.82, 2.24) is 9.80 Å². The smallest absolute Gasteiger partial charge is 0.295 e. The summed E-state index contributed by atoms with van der Waals surface area (Å²) in [5.41, 5.74) is 0.435. The van der Waals surface area contributed by atoms with Crippen molar-refractivity contribution in [3.05, 3.63) is 69.0 Å². The number of rotatable bonds is 7. The Morgan fingerprint density at radius 1 is 1.11 bits per heavy atom. The molecule has 1 atom stereocenters. The summed E-state index contributed by atoms with van der Waals surface area (Å²) in [6, 6.07) is 7.72. The maximum absolute atomic E-state index is 14.3. The first kappa shape index (κ1) is 25.4. The van der Waals surface area contributed by atoms with E-state index in [1.54, 1.807) is 18.2 Å². The van der Waals surface area contributed by atoms with E-state index in [2.05, 4.69) is 4.90 Å². The highest BCUT2D eigenvalue weighted by Gasteiger charge is 2.46. The summed E-state index contributed by atoms with van der Waals surface area (Å²) in [7, 11) is 1.32. The highest BCUT2D eigenvalue weighted by molar-refractivity contribution is 6.46. The molecule has 4 rings (SSSR count). The summed E-state index contributed by atoms with van der Waals surface area (Å²) in [5, 5.41) is 11.7. The first-order valence-corrected chi connectivity index (χ1v) is 11.9. The lowest BCUT2D eigenvalue weighted by molar-refractivity contribution is -0.140. The number of morpholine rings is 1. The molecule has 0 spiro atoms. The first-order valence-electron chi connectivity index (χ1n) is 11.2. The molecule has 0 unspecified atom stereocenters. The Kier molecular flexibility index (Phi) is 7.96. The summed E-state index contributed by atoms with van der Waals surface area (Å²) < 4.78 is 24.6. The number of amides is 1. The van der Waals surface area contributed by atoms with Crippen molar-refractivity contribution in [2.45, 2.75) is 12.5 Å². The molecule has 1 N–H and O–H groups in total. The second-order valence-electron chi connectivity index (χ2n) is 8.32. The predicted octanol–water partition coefficient (Wildman–Crippen LogP) is 4.29. The number of likely N-dealkylation sites (tertiary alicyclic amines) is 1. The number of methoxy groups -OCH3 is 1. The van der Waals surface area contributed by atoms with E-state index in [4.69, 9.17) is 32.7 Å². The van der Waals surface area contributed by atoms with Gasteiger partial charge < -0.3 is 19.5 Å². The minimum atomic E-state index is -0.903. The van der Waals surface area contributed by atoms with Crippen LogP contribution in [0.2, 0.25) is 10.0 Å². The van der Waals surface area contributed by atoms with Gasteiger partial charge in [0.25, 0.3) is 11.7 Å². The SMILES string of the molecule is COc1ccc(C(O)=C2C(=O)C(=O)N(CCCN3CCOCC3)[C@H]2c2ccc(Cl)c(Cl)c2)cc1F. The quantitative estimate of drug-likeness (QED) is 0.332. The normalized spacial score (nSPS) is 20.5. The van der Waals surface area contributed by atoms with E-state index < -0.39 is 29.3 Å². The molecule has 1 amide bonds. The molecule has 2 aromatic rings. The molecule has 2 aliphatic rings. The van der Waals surface area contributed by atoms with Gasteiger partial charge in [0, 0.05) is 31.7 Å². The summed E-state index contributed by atoms with van der Waals surface area (Å²) >= 11 is 12.3. The third kappa shape index (κ3) is 5.30. The van der Waals surface area contributed by atoms with Gasteiger partial charge in [0.2, 0.25) is 0 Å². The number of carbonyl (C=O) groups is 2.